The smallest absolute Gasteiger partial charge is 0.261 e. The molecule has 0 saturated carbocycles. The van der Waals surface area contributed by atoms with Gasteiger partial charge in [-0.1, -0.05) is 52.7 Å². The number of carbonyl (C=O) groups is 1. The number of hydrogen-bond acceptors (Lipinski definition) is 3. The van der Waals surface area contributed by atoms with Gasteiger partial charge in [-0.2, -0.15) is 0 Å². The van der Waals surface area contributed by atoms with E-state index < -0.39 is 0 Å². The van der Waals surface area contributed by atoms with Gasteiger partial charge in [-0.15, -0.1) is 0 Å². The van der Waals surface area contributed by atoms with Crippen molar-refractivity contribution in [3.63, 3.8) is 0 Å². The summed E-state index contributed by atoms with van der Waals surface area (Å²) < 4.78 is 0.955. The zero-order valence-corrected chi connectivity index (χ0v) is 16.3. The second kappa shape index (κ2) is 7.70. The maximum absolute atomic E-state index is 13.1. The van der Waals surface area contributed by atoms with Crippen LogP contribution < -0.4 is 9.80 Å². The second-order valence-corrected chi connectivity index (χ2v) is 7.80. The highest BCUT2D eigenvalue weighted by Crippen LogP contribution is 2.33. The molecule has 0 bridgehead atoms. The number of aromatic nitrogens is 1. The van der Waals surface area contributed by atoms with Gasteiger partial charge in [0.25, 0.3) is 5.91 Å². The van der Waals surface area contributed by atoms with E-state index >= 15 is 0 Å². The van der Waals surface area contributed by atoms with E-state index in [4.69, 9.17) is 23.2 Å². The topological polar surface area (TPSA) is 37.6 Å². The average Bonchev–Trinajstić information content (AvgIpc) is 3.00. The molecule has 0 radical (unpaired) electrons. The van der Waals surface area contributed by atoms with Crippen LogP contribution in [-0.2, 0) is 0 Å². The van der Waals surface area contributed by atoms with Crippen molar-refractivity contribution in [2.75, 3.05) is 32.1 Å². The van der Waals surface area contributed by atoms with Crippen molar-refractivity contribution in [1.82, 2.24) is 4.98 Å². The van der Waals surface area contributed by atoms with Crippen LogP contribution in [0.4, 0.5) is 5.13 Å². The lowest BCUT2D eigenvalue weighted by atomic mass is 10.2. The van der Waals surface area contributed by atoms with Gasteiger partial charge in [-0.25, -0.2) is 4.98 Å². The molecule has 3 aromatic rings. The number of para-hydroxylation sites is 1. The molecular weight excluding hydrogens is 377 g/mol. The average molecular weight is 395 g/mol. The highest BCUT2D eigenvalue weighted by molar-refractivity contribution is 7.22. The molecule has 130 valence electrons. The van der Waals surface area contributed by atoms with Crippen LogP contribution in [0, 0.1) is 0 Å². The van der Waals surface area contributed by atoms with Gasteiger partial charge in [-0.05, 0) is 24.3 Å². The molecule has 25 heavy (non-hydrogen) atoms. The Labute approximate surface area is 160 Å². The van der Waals surface area contributed by atoms with Gasteiger partial charge in [0.15, 0.2) is 5.13 Å². The van der Waals surface area contributed by atoms with E-state index in [1.54, 1.807) is 23.1 Å². The number of quaternary nitrogens is 1. The van der Waals surface area contributed by atoms with Gasteiger partial charge < -0.3 is 4.90 Å². The van der Waals surface area contributed by atoms with Gasteiger partial charge in [0.1, 0.15) is 5.52 Å². The van der Waals surface area contributed by atoms with Crippen LogP contribution in [0.3, 0.4) is 0 Å². The molecule has 1 aromatic heterocycles. The zero-order valence-electron chi connectivity index (χ0n) is 13.9. The minimum atomic E-state index is -0.151. The molecular formula is C18H18Cl2N3OS+. The summed E-state index contributed by atoms with van der Waals surface area (Å²) in [5.74, 6) is -0.151. The number of nitrogens with one attached hydrogen (secondary N) is 1. The van der Waals surface area contributed by atoms with Crippen LogP contribution in [-0.4, -0.2) is 38.1 Å². The molecule has 1 heterocycles. The van der Waals surface area contributed by atoms with E-state index in [0.29, 0.717) is 27.3 Å². The van der Waals surface area contributed by atoms with Crippen molar-refractivity contribution in [3.8, 4) is 0 Å². The first-order valence-electron chi connectivity index (χ1n) is 7.88. The van der Waals surface area contributed by atoms with Crippen LogP contribution in [0.1, 0.15) is 10.4 Å². The van der Waals surface area contributed by atoms with Gasteiger partial charge in [0.2, 0.25) is 0 Å². The fraction of sp³-hybridized carbons (Fsp3) is 0.222. The highest BCUT2D eigenvalue weighted by Gasteiger charge is 2.24. The maximum atomic E-state index is 13.1. The molecule has 4 nitrogen and oxygen atoms in total. The summed E-state index contributed by atoms with van der Waals surface area (Å²) >= 11 is 13.9. The molecule has 0 aliphatic heterocycles. The standard InChI is InChI=1S/C18H17Cl2N3OS/c1-22(2)10-11-23(17(24)12-6-3-4-7-13(12)19)18-21-16-14(20)8-5-9-15(16)25-18/h3-9H,10-11H2,1-2H3/p+1. The summed E-state index contributed by atoms with van der Waals surface area (Å²) in [6.07, 6.45) is 0. The minimum Gasteiger partial charge on any atom is -0.338 e. The Balaban J connectivity index is 2.03. The second-order valence-electron chi connectivity index (χ2n) is 5.98. The molecule has 3 rings (SSSR count). The fourth-order valence-electron chi connectivity index (χ4n) is 2.42. The van der Waals surface area contributed by atoms with E-state index in [1.165, 1.54) is 16.2 Å². The molecule has 0 aliphatic carbocycles. The maximum Gasteiger partial charge on any atom is 0.261 e. The molecule has 0 spiro atoms. The third-order valence-corrected chi connectivity index (χ3v) is 5.45. The summed E-state index contributed by atoms with van der Waals surface area (Å²) in [4.78, 5) is 20.6. The molecule has 0 saturated heterocycles. The lowest BCUT2D eigenvalue weighted by Crippen LogP contribution is -3.06. The zero-order chi connectivity index (χ0) is 18.0. The molecule has 2 aromatic carbocycles. The summed E-state index contributed by atoms with van der Waals surface area (Å²) in [5, 5.41) is 1.66. The SMILES string of the molecule is C[NH+](C)CCN(C(=O)c1ccccc1Cl)c1nc2c(Cl)cccc2s1. The predicted octanol–water partition coefficient (Wildman–Crippen LogP) is 3.39. The van der Waals surface area contributed by atoms with E-state index in [2.05, 4.69) is 4.98 Å². The first-order chi connectivity index (χ1) is 12.0. The van der Waals surface area contributed by atoms with Crippen molar-refractivity contribution in [2.24, 2.45) is 0 Å². The Hall–Kier alpha value is -1.66. The number of halogens is 2. The van der Waals surface area contributed by atoms with Gasteiger partial charge in [0.05, 0.1) is 47.5 Å². The number of benzene rings is 2. The number of nitrogens with zero attached hydrogens (tertiary/aromatic N) is 2. The van der Waals surface area contributed by atoms with E-state index in [1.807, 2.05) is 38.4 Å². The van der Waals surface area contributed by atoms with Crippen LogP contribution in [0.5, 0.6) is 0 Å². The lowest BCUT2D eigenvalue weighted by Gasteiger charge is -2.21. The minimum absolute atomic E-state index is 0.151. The Morgan fingerprint density at radius 2 is 1.84 bits per heavy atom. The Kier molecular flexibility index (Phi) is 5.59. The van der Waals surface area contributed by atoms with Crippen LogP contribution in [0.2, 0.25) is 10.0 Å². The molecule has 1 N–H and O–H groups in total. The quantitative estimate of drug-likeness (QED) is 0.719. The summed E-state index contributed by atoms with van der Waals surface area (Å²) in [6, 6.07) is 12.7. The van der Waals surface area contributed by atoms with E-state index in [9.17, 15) is 4.79 Å². The molecule has 0 aliphatic rings. The first-order valence-corrected chi connectivity index (χ1v) is 9.45. The fourth-order valence-corrected chi connectivity index (χ4v) is 3.92. The van der Waals surface area contributed by atoms with Crippen LogP contribution >= 0.6 is 34.5 Å². The number of amides is 1. The number of carbonyl (C=O) groups excluding carboxylic acids is 1. The number of hydrogen-bond donors (Lipinski definition) is 1. The monoisotopic (exact) mass is 394 g/mol. The van der Waals surface area contributed by atoms with Gasteiger partial charge in [-0.3, -0.25) is 9.69 Å². The van der Waals surface area contributed by atoms with Crippen molar-refractivity contribution < 1.29 is 9.69 Å². The number of anilines is 1. The molecule has 0 unspecified atom stereocenters. The van der Waals surface area contributed by atoms with E-state index in [0.717, 1.165) is 16.8 Å². The number of thiazole rings is 1. The van der Waals surface area contributed by atoms with Crippen LogP contribution in [0.15, 0.2) is 42.5 Å². The molecule has 7 heteroatoms. The molecule has 0 atom stereocenters. The van der Waals surface area contributed by atoms with Gasteiger partial charge in [0, 0.05) is 0 Å². The van der Waals surface area contributed by atoms with Crippen LogP contribution in [0.25, 0.3) is 10.2 Å². The molecule has 1 amide bonds. The van der Waals surface area contributed by atoms with E-state index in [-0.39, 0.29) is 5.91 Å². The summed E-state index contributed by atoms with van der Waals surface area (Å²) in [7, 11) is 4.10. The third-order valence-electron chi connectivity index (χ3n) is 3.77. The van der Waals surface area contributed by atoms with Crippen molar-refractivity contribution in [2.45, 2.75) is 0 Å². The highest BCUT2D eigenvalue weighted by atomic mass is 35.5. The number of likely N-dealkylation sites (N-methyl/N-ethyl adjacent to an activating group) is 1. The van der Waals surface area contributed by atoms with Gasteiger partial charge >= 0.3 is 0 Å². The first kappa shape index (κ1) is 18.1. The van der Waals surface area contributed by atoms with Crippen molar-refractivity contribution >= 4 is 55.8 Å². The lowest BCUT2D eigenvalue weighted by molar-refractivity contribution is -0.856. The third kappa shape index (κ3) is 3.96. The molecule has 0 fully saturated rings. The Morgan fingerprint density at radius 1 is 1.12 bits per heavy atom. The summed E-state index contributed by atoms with van der Waals surface area (Å²) in [6.45, 7) is 1.34. The summed E-state index contributed by atoms with van der Waals surface area (Å²) in [5.41, 5.74) is 1.20. The van der Waals surface area contributed by atoms with Crippen molar-refractivity contribution in [1.29, 1.82) is 0 Å². The predicted molar refractivity (Wildman–Crippen MR) is 105 cm³/mol. The number of rotatable bonds is 5. The largest absolute Gasteiger partial charge is 0.338 e. The Bertz CT molecular complexity index is 910. The normalized spacial score (nSPS) is 11.2. The van der Waals surface area contributed by atoms with Crippen molar-refractivity contribution in [3.05, 3.63) is 58.1 Å². The Morgan fingerprint density at radius 3 is 2.52 bits per heavy atom. The number of fused-ring (bicyclic) bond motifs is 1.